The summed E-state index contributed by atoms with van der Waals surface area (Å²) in [4.78, 5) is 14.9. The number of aromatic nitrogens is 4. The van der Waals surface area contributed by atoms with Crippen molar-refractivity contribution in [3.8, 4) is 39.7 Å². The molecular weight excluding hydrogens is 466 g/mol. The van der Waals surface area contributed by atoms with Crippen LogP contribution in [0.1, 0.15) is 27.1 Å². The van der Waals surface area contributed by atoms with Gasteiger partial charge in [0.25, 0.3) is 5.91 Å². The van der Waals surface area contributed by atoms with Crippen molar-refractivity contribution in [2.24, 2.45) is 7.05 Å². The van der Waals surface area contributed by atoms with Crippen molar-refractivity contribution in [2.45, 2.75) is 19.1 Å². The maximum absolute atomic E-state index is 13.9. The molecule has 0 atom stereocenters. The van der Waals surface area contributed by atoms with E-state index in [4.69, 9.17) is 23.4 Å². The number of carbonyl (C=O) groups is 1. The van der Waals surface area contributed by atoms with Gasteiger partial charge in [0.05, 0.1) is 42.9 Å². The van der Waals surface area contributed by atoms with Gasteiger partial charge < -0.3 is 19.1 Å². The van der Waals surface area contributed by atoms with E-state index in [2.05, 4.69) is 5.10 Å². The molecule has 0 radical (unpaired) electrons. The number of hydrogen-bond acceptors (Lipinski definition) is 7. The molecule has 0 bridgehead atoms. The van der Waals surface area contributed by atoms with Crippen molar-refractivity contribution >= 4 is 17.2 Å². The van der Waals surface area contributed by atoms with E-state index in [9.17, 15) is 4.79 Å². The third kappa shape index (κ3) is 3.28. The maximum Gasteiger partial charge on any atom is 0.275 e. The third-order valence-corrected chi connectivity index (χ3v) is 7.20. The zero-order valence-corrected chi connectivity index (χ0v) is 20.3. The van der Waals surface area contributed by atoms with E-state index in [0.717, 1.165) is 21.8 Å². The summed E-state index contributed by atoms with van der Waals surface area (Å²) in [6, 6.07) is 7.53. The van der Waals surface area contributed by atoms with Crippen LogP contribution in [0.3, 0.4) is 0 Å². The molecule has 1 saturated heterocycles. The number of fused-ring (bicyclic) bond motifs is 3. The number of thiophene rings is 1. The first-order valence-corrected chi connectivity index (χ1v) is 12.0. The van der Waals surface area contributed by atoms with Gasteiger partial charge in [-0.15, -0.1) is 0 Å². The molecule has 0 unspecified atom stereocenters. The molecule has 6 rings (SSSR count). The standard InChI is InChI=1S/C25H25N5O4S/c1-25(13-33-14-25)28(2)24(31)22-18-11-34-21-10-20(32-4)16(19-5-7-26-29(19)3)9-17(21)23(18)30(27-22)15-6-8-35-12-15/h5-10,12H,11,13-14H2,1-4H3/i2D3. The number of nitrogens with zero attached hydrogens (tertiary/aromatic N) is 5. The summed E-state index contributed by atoms with van der Waals surface area (Å²) in [5, 5.41) is 12.8. The van der Waals surface area contributed by atoms with E-state index in [1.807, 2.05) is 42.1 Å². The summed E-state index contributed by atoms with van der Waals surface area (Å²) in [5.41, 5.74) is 3.35. The molecule has 0 spiro atoms. The monoisotopic (exact) mass is 494 g/mol. The highest BCUT2D eigenvalue weighted by Gasteiger charge is 2.42. The van der Waals surface area contributed by atoms with Gasteiger partial charge in [-0.05, 0) is 30.5 Å². The first kappa shape index (κ1) is 18.7. The molecule has 2 aliphatic heterocycles. The molecule has 5 heterocycles. The van der Waals surface area contributed by atoms with Crippen LogP contribution in [-0.4, -0.2) is 63.2 Å². The second kappa shape index (κ2) is 7.96. The molecule has 4 aromatic rings. The Bertz CT molecular complexity index is 1540. The Kier molecular flexibility index (Phi) is 4.25. The highest BCUT2D eigenvalue weighted by Crippen LogP contribution is 2.46. The van der Waals surface area contributed by atoms with Crippen LogP contribution < -0.4 is 9.47 Å². The number of hydrogen-bond donors (Lipinski definition) is 0. The molecule has 1 aromatic carbocycles. The lowest BCUT2D eigenvalue weighted by molar-refractivity contribution is -0.108. The van der Waals surface area contributed by atoms with Crippen LogP contribution in [0.4, 0.5) is 0 Å². The van der Waals surface area contributed by atoms with Crippen molar-refractivity contribution in [3.05, 3.63) is 52.5 Å². The fraction of sp³-hybridized carbons (Fsp3) is 0.320. The van der Waals surface area contributed by atoms with Gasteiger partial charge in [0.15, 0.2) is 5.69 Å². The van der Waals surface area contributed by atoms with Crippen LogP contribution in [0.15, 0.2) is 41.2 Å². The Morgan fingerprint density at radius 3 is 2.80 bits per heavy atom. The molecule has 180 valence electrons. The predicted molar refractivity (Wildman–Crippen MR) is 131 cm³/mol. The smallest absolute Gasteiger partial charge is 0.275 e. The molecule has 10 heteroatoms. The summed E-state index contributed by atoms with van der Waals surface area (Å²) in [7, 11) is 3.44. The van der Waals surface area contributed by atoms with Crippen LogP contribution in [0.5, 0.6) is 11.5 Å². The van der Waals surface area contributed by atoms with E-state index in [0.29, 0.717) is 28.3 Å². The van der Waals surface area contributed by atoms with E-state index < -0.39 is 18.4 Å². The highest BCUT2D eigenvalue weighted by molar-refractivity contribution is 7.08. The largest absolute Gasteiger partial charge is 0.496 e. The molecule has 35 heavy (non-hydrogen) atoms. The predicted octanol–water partition coefficient (Wildman–Crippen LogP) is 3.76. The van der Waals surface area contributed by atoms with Gasteiger partial charge in [-0.1, -0.05) is 0 Å². The number of aryl methyl sites for hydroxylation is 1. The van der Waals surface area contributed by atoms with Crippen LogP contribution in [0, 0.1) is 0 Å². The van der Waals surface area contributed by atoms with Crippen molar-refractivity contribution in [2.75, 3.05) is 27.3 Å². The zero-order valence-electron chi connectivity index (χ0n) is 22.4. The number of rotatable bonds is 5. The number of benzene rings is 1. The molecule has 3 aromatic heterocycles. The molecule has 0 aliphatic carbocycles. The number of carbonyl (C=O) groups excluding carboxylic acids is 1. The summed E-state index contributed by atoms with van der Waals surface area (Å²) in [6.45, 7) is -0.650. The second-order valence-electron chi connectivity index (χ2n) is 8.88. The summed E-state index contributed by atoms with van der Waals surface area (Å²) in [6.07, 6.45) is 1.71. The van der Waals surface area contributed by atoms with E-state index in [-0.39, 0.29) is 25.5 Å². The molecule has 9 nitrogen and oxygen atoms in total. The van der Waals surface area contributed by atoms with Crippen LogP contribution in [0.25, 0.3) is 28.2 Å². The van der Waals surface area contributed by atoms with E-state index in [1.54, 1.807) is 29.6 Å². The van der Waals surface area contributed by atoms with Gasteiger partial charge in [-0.2, -0.15) is 21.5 Å². The first-order chi connectivity index (χ1) is 18.1. The second-order valence-corrected chi connectivity index (χ2v) is 9.66. The summed E-state index contributed by atoms with van der Waals surface area (Å²) in [5.74, 6) is 0.497. The van der Waals surface area contributed by atoms with Crippen molar-refractivity contribution < 1.29 is 23.1 Å². The minimum absolute atomic E-state index is 0.0407. The van der Waals surface area contributed by atoms with Crippen LogP contribution >= 0.6 is 11.3 Å². The van der Waals surface area contributed by atoms with E-state index in [1.165, 1.54) is 11.3 Å². The SMILES string of the molecule is [2H]C([2H])([2H])N(C(=O)c1nn(-c2ccsc2)c2c1COc1cc(OC)c(-c3ccnn3C)cc1-2)C1(C)COC1. The van der Waals surface area contributed by atoms with Crippen LogP contribution in [0.2, 0.25) is 0 Å². The van der Waals surface area contributed by atoms with Crippen LogP contribution in [-0.2, 0) is 18.4 Å². The Morgan fingerprint density at radius 1 is 1.31 bits per heavy atom. The van der Waals surface area contributed by atoms with Gasteiger partial charge >= 0.3 is 0 Å². The number of ether oxygens (including phenoxy) is 3. The van der Waals surface area contributed by atoms with Crippen molar-refractivity contribution in [1.29, 1.82) is 0 Å². The quantitative estimate of drug-likeness (QED) is 0.420. The van der Waals surface area contributed by atoms with Gasteiger partial charge in [0.2, 0.25) is 0 Å². The Hall–Kier alpha value is -3.63. The van der Waals surface area contributed by atoms with Gasteiger partial charge in [-0.25, -0.2) is 4.68 Å². The highest BCUT2D eigenvalue weighted by atomic mass is 32.1. The summed E-state index contributed by atoms with van der Waals surface area (Å²) >= 11 is 1.50. The molecule has 1 fully saturated rings. The zero-order chi connectivity index (χ0) is 26.8. The Balaban J connectivity index is 1.57. The topological polar surface area (TPSA) is 83.6 Å². The van der Waals surface area contributed by atoms with Crippen molar-refractivity contribution in [3.63, 3.8) is 0 Å². The van der Waals surface area contributed by atoms with Gasteiger partial charge in [-0.3, -0.25) is 9.48 Å². The molecule has 2 aliphatic rings. The van der Waals surface area contributed by atoms with Gasteiger partial charge in [0.1, 0.15) is 18.1 Å². The molecular formula is C25H25N5O4S. The number of methoxy groups -OCH3 is 1. The molecule has 1 amide bonds. The molecule has 0 saturated carbocycles. The Morgan fingerprint density at radius 2 is 2.17 bits per heavy atom. The average Bonchev–Trinajstić information content (AvgIpc) is 3.60. The minimum atomic E-state index is -2.68. The number of likely N-dealkylation sites (N-methyl/N-ethyl adjacent to an activating group) is 1. The lowest BCUT2D eigenvalue weighted by Crippen LogP contribution is -2.60. The van der Waals surface area contributed by atoms with Crippen molar-refractivity contribution in [1.82, 2.24) is 24.5 Å². The maximum atomic E-state index is 13.9. The minimum Gasteiger partial charge on any atom is -0.496 e. The van der Waals surface area contributed by atoms with Gasteiger partial charge in [0, 0.05) is 52.5 Å². The number of amides is 1. The lowest BCUT2D eigenvalue weighted by Gasteiger charge is -2.45. The molecule has 0 N–H and O–H groups in total. The average molecular weight is 495 g/mol. The van der Waals surface area contributed by atoms with E-state index >= 15 is 0 Å². The normalized spacial score (nSPS) is 17.2. The summed E-state index contributed by atoms with van der Waals surface area (Å²) < 4.78 is 44.9. The lowest BCUT2D eigenvalue weighted by atomic mass is 9.96. The third-order valence-electron chi connectivity index (χ3n) is 6.53. The Labute approximate surface area is 210 Å². The fourth-order valence-electron chi connectivity index (χ4n) is 4.50. The first-order valence-electron chi connectivity index (χ1n) is 12.5. The fourth-order valence-corrected chi connectivity index (χ4v) is 5.11.